The summed E-state index contributed by atoms with van der Waals surface area (Å²) in [7, 11) is 1.97. The fourth-order valence-electron chi connectivity index (χ4n) is 2.78. The first-order valence-electron chi connectivity index (χ1n) is 6.87. The summed E-state index contributed by atoms with van der Waals surface area (Å²) in [6.45, 7) is 4.95. The van der Waals surface area contributed by atoms with Crippen LogP contribution >= 0.6 is 0 Å². The lowest BCUT2D eigenvalue weighted by molar-refractivity contribution is 0.0157. The van der Waals surface area contributed by atoms with Gasteiger partial charge >= 0.3 is 0 Å². The van der Waals surface area contributed by atoms with Gasteiger partial charge in [0.15, 0.2) is 0 Å². The van der Waals surface area contributed by atoms with Gasteiger partial charge in [0, 0.05) is 32.2 Å². The molecule has 0 spiro atoms. The van der Waals surface area contributed by atoms with Crippen LogP contribution in [-0.2, 0) is 18.3 Å². The first kappa shape index (κ1) is 14.3. The third kappa shape index (κ3) is 3.08. The van der Waals surface area contributed by atoms with Crippen molar-refractivity contribution in [1.29, 1.82) is 0 Å². The van der Waals surface area contributed by atoms with E-state index in [1.165, 1.54) is 0 Å². The van der Waals surface area contributed by atoms with Gasteiger partial charge in [-0.2, -0.15) is 5.10 Å². The van der Waals surface area contributed by atoms with E-state index in [1.54, 1.807) is 0 Å². The van der Waals surface area contributed by atoms with Gasteiger partial charge in [-0.05, 0) is 19.8 Å². The Morgan fingerprint density at radius 3 is 2.68 bits per heavy atom. The van der Waals surface area contributed by atoms with Crippen molar-refractivity contribution >= 4 is 5.82 Å². The number of hydrogen-bond acceptors (Lipinski definition) is 5. The number of anilines is 1. The number of aryl methyl sites for hydroxylation is 2. The summed E-state index contributed by atoms with van der Waals surface area (Å²) in [6.07, 6.45) is 2.22. The van der Waals surface area contributed by atoms with Crippen LogP contribution in [0.3, 0.4) is 0 Å². The van der Waals surface area contributed by atoms with Crippen LogP contribution in [0.1, 0.15) is 24.1 Å². The molecule has 6 heteroatoms. The van der Waals surface area contributed by atoms with Crippen molar-refractivity contribution < 1.29 is 9.84 Å². The third-order valence-corrected chi connectivity index (χ3v) is 3.70. The van der Waals surface area contributed by atoms with E-state index in [0.717, 1.165) is 43.0 Å². The van der Waals surface area contributed by atoms with Crippen molar-refractivity contribution in [2.45, 2.75) is 32.4 Å². The number of nitrogens with zero attached hydrogens (tertiary/aromatic N) is 3. The summed E-state index contributed by atoms with van der Waals surface area (Å²) in [5, 5.41) is 13.2. The Hall–Kier alpha value is -1.11. The summed E-state index contributed by atoms with van der Waals surface area (Å²) in [5.41, 5.74) is 7.98. The molecular formula is C13H24N4O2. The summed E-state index contributed by atoms with van der Waals surface area (Å²) >= 11 is 0. The molecule has 0 unspecified atom stereocenters. The summed E-state index contributed by atoms with van der Waals surface area (Å²) in [5.74, 6) is 1.14. The van der Waals surface area contributed by atoms with Crippen LogP contribution in [0.15, 0.2) is 0 Å². The minimum Gasteiger partial charge on any atom is -0.394 e. The molecule has 0 amide bonds. The van der Waals surface area contributed by atoms with E-state index in [0.29, 0.717) is 13.2 Å². The zero-order valence-corrected chi connectivity index (χ0v) is 11.8. The smallest absolute Gasteiger partial charge is 0.131 e. The zero-order chi connectivity index (χ0) is 13.8. The second-order valence-corrected chi connectivity index (χ2v) is 5.00. The number of piperidine rings is 1. The highest BCUT2D eigenvalue weighted by Crippen LogP contribution is 2.26. The number of rotatable bonds is 5. The van der Waals surface area contributed by atoms with Gasteiger partial charge in [0.25, 0.3) is 0 Å². The topological polar surface area (TPSA) is 76.5 Å². The van der Waals surface area contributed by atoms with Crippen LogP contribution in [0.25, 0.3) is 0 Å². The average Bonchev–Trinajstić information content (AvgIpc) is 2.71. The maximum atomic E-state index is 8.77. The predicted molar refractivity (Wildman–Crippen MR) is 74.1 cm³/mol. The Balaban J connectivity index is 2.01. The van der Waals surface area contributed by atoms with Gasteiger partial charge in [0.2, 0.25) is 0 Å². The molecule has 2 heterocycles. The Kier molecular flexibility index (Phi) is 4.79. The van der Waals surface area contributed by atoms with Gasteiger partial charge in [-0.3, -0.25) is 4.68 Å². The average molecular weight is 268 g/mol. The molecule has 6 nitrogen and oxygen atoms in total. The fraction of sp³-hybridized carbons (Fsp3) is 0.769. The van der Waals surface area contributed by atoms with Gasteiger partial charge < -0.3 is 20.5 Å². The lowest BCUT2D eigenvalue weighted by Crippen LogP contribution is -2.39. The molecule has 1 aliphatic heterocycles. The molecule has 19 heavy (non-hydrogen) atoms. The summed E-state index contributed by atoms with van der Waals surface area (Å²) in [6, 6.07) is 0. The number of aliphatic hydroxyl groups is 1. The molecular weight excluding hydrogens is 244 g/mol. The van der Waals surface area contributed by atoms with Crippen molar-refractivity contribution in [1.82, 2.24) is 9.78 Å². The lowest BCUT2D eigenvalue weighted by Gasteiger charge is -2.33. The molecule has 1 aromatic rings. The number of nitrogens with two attached hydrogens (primary N) is 1. The van der Waals surface area contributed by atoms with Crippen molar-refractivity contribution in [3.63, 3.8) is 0 Å². The van der Waals surface area contributed by atoms with E-state index in [-0.39, 0.29) is 12.7 Å². The maximum Gasteiger partial charge on any atom is 0.131 e. The Morgan fingerprint density at radius 2 is 2.11 bits per heavy atom. The van der Waals surface area contributed by atoms with Gasteiger partial charge in [-0.1, -0.05) is 0 Å². The van der Waals surface area contributed by atoms with Gasteiger partial charge in [0.05, 0.1) is 25.0 Å². The minimum absolute atomic E-state index is 0.0957. The SMILES string of the molecule is Cc1nn(C)c(N2CCC(OCCO)CC2)c1CN. The number of ether oxygens (including phenoxy) is 1. The van der Waals surface area contributed by atoms with Crippen LogP contribution in [-0.4, -0.2) is 47.3 Å². The molecule has 108 valence electrons. The van der Waals surface area contributed by atoms with Crippen LogP contribution in [0.2, 0.25) is 0 Å². The van der Waals surface area contributed by atoms with Crippen LogP contribution in [0, 0.1) is 6.92 Å². The first-order valence-corrected chi connectivity index (χ1v) is 6.87. The maximum absolute atomic E-state index is 8.77. The molecule has 0 bridgehead atoms. The summed E-state index contributed by atoms with van der Waals surface area (Å²) < 4.78 is 7.51. The Morgan fingerprint density at radius 1 is 1.42 bits per heavy atom. The second-order valence-electron chi connectivity index (χ2n) is 5.00. The van der Waals surface area contributed by atoms with Crippen molar-refractivity contribution in [3.8, 4) is 0 Å². The molecule has 1 aliphatic rings. The fourth-order valence-corrected chi connectivity index (χ4v) is 2.78. The van der Waals surface area contributed by atoms with Crippen molar-refractivity contribution in [2.24, 2.45) is 12.8 Å². The number of aliphatic hydroxyl groups excluding tert-OH is 1. The summed E-state index contributed by atoms with van der Waals surface area (Å²) in [4.78, 5) is 2.33. The molecule has 0 aliphatic carbocycles. The minimum atomic E-state index is 0.0957. The van der Waals surface area contributed by atoms with Gasteiger partial charge in [0.1, 0.15) is 5.82 Å². The van der Waals surface area contributed by atoms with E-state index >= 15 is 0 Å². The van der Waals surface area contributed by atoms with Crippen molar-refractivity contribution in [2.75, 3.05) is 31.2 Å². The highest BCUT2D eigenvalue weighted by molar-refractivity contribution is 5.50. The monoisotopic (exact) mass is 268 g/mol. The second kappa shape index (κ2) is 6.36. The first-order chi connectivity index (χ1) is 9.17. The molecule has 1 aromatic heterocycles. The van der Waals surface area contributed by atoms with E-state index in [2.05, 4.69) is 10.00 Å². The molecule has 0 atom stereocenters. The Labute approximate surface area is 114 Å². The highest BCUT2D eigenvalue weighted by Gasteiger charge is 2.24. The zero-order valence-electron chi connectivity index (χ0n) is 11.8. The van der Waals surface area contributed by atoms with E-state index in [4.69, 9.17) is 15.6 Å². The lowest BCUT2D eigenvalue weighted by atomic mass is 10.1. The van der Waals surface area contributed by atoms with Crippen molar-refractivity contribution in [3.05, 3.63) is 11.3 Å². The standard InChI is InChI=1S/C13H24N4O2/c1-10-12(9-14)13(16(2)15-10)17-5-3-11(4-6-17)19-8-7-18/h11,18H,3-9,14H2,1-2H3. The van der Waals surface area contributed by atoms with Gasteiger partial charge in [-0.25, -0.2) is 0 Å². The normalized spacial score (nSPS) is 17.2. The number of hydrogen-bond donors (Lipinski definition) is 2. The van der Waals surface area contributed by atoms with Gasteiger partial charge in [-0.15, -0.1) is 0 Å². The van der Waals surface area contributed by atoms with Crippen LogP contribution < -0.4 is 10.6 Å². The van der Waals surface area contributed by atoms with E-state index in [1.807, 2.05) is 18.7 Å². The molecule has 2 rings (SSSR count). The predicted octanol–water partition coefficient (Wildman–Crippen LogP) is 0.165. The largest absolute Gasteiger partial charge is 0.394 e. The number of aromatic nitrogens is 2. The molecule has 0 aromatic carbocycles. The third-order valence-electron chi connectivity index (χ3n) is 3.70. The highest BCUT2D eigenvalue weighted by atomic mass is 16.5. The molecule has 1 saturated heterocycles. The molecule has 3 N–H and O–H groups in total. The molecule has 0 saturated carbocycles. The van der Waals surface area contributed by atoms with E-state index < -0.39 is 0 Å². The Bertz CT molecular complexity index is 411. The van der Waals surface area contributed by atoms with Crippen LogP contribution in [0.4, 0.5) is 5.82 Å². The van der Waals surface area contributed by atoms with E-state index in [9.17, 15) is 0 Å². The molecule has 1 fully saturated rings. The molecule has 0 radical (unpaired) electrons. The van der Waals surface area contributed by atoms with Crippen LogP contribution in [0.5, 0.6) is 0 Å². The quantitative estimate of drug-likeness (QED) is 0.796.